The van der Waals surface area contributed by atoms with Crippen LogP contribution < -0.4 is 0 Å². The van der Waals surface area contributed by atoms with Gasteiger partial charge in [-0.15, -0.1) is 0 Å². The van der Waals surface area contributed by atoms with E-state index in [1.165, 1.54) is 5.56 Å². The van der Waals surface area contributed by atoms with Crippen molar-refractivity contribution in [1.82, 2.24) is 4.90 Å². The lowest BCUT2D eigenvalue weighted by molar-refractivity contribution is -0.0800. The standard InChI is InChI=1S/C16H25NO3/c1-12-3-5-14(6-4-12)16(19)7-8-17-9-15(10-18)20-11-13(17)2/h3-6,13,15-16,18-19H,7-11H2,1-2H3. The van der Waals surface area contributed by atoms with E-state index in [4.69, 9.17) is 4.74 Å². The van der Waals surface area contributed by atoms with Crippen molar-refractivity contribution in [1.29, 1.82) is 0 Å². The fourth-order valence-corrected chi connectivity index (χ4v) is 2.54. The lowest BCUT2D eigenvalue weighted by atomic mass is 10.0. The van der Waals surface area contributed by atoms with Gasteiger partial charge in [-0.1, -0.05) is 29.8 Å². The van der Waals surface area contributed by atoms with Gasteiger partial charge in [0.1, 0.15) is 0 Å². The monoisotopic (exact) mass is 279 g/mol. The van der Waals surface area contributed by atoms with Crippen molar-refractivity contribution in [3.8, 4) is 0 Å². The molecule has 0 spiro atoms. The molecule has 1 heterocycles. The Morgan fingerprint density at radius 1 is 1.35 bits per heavy atom. The lowest BCUT2D eigenvalue weighted by Crippen LogP contribution is -2.49. The molecular formula is C16H25NO3. The van der Waals surface area contributed by atoms with Crippen LogP contribution in [-0.4, -0.2) is 53.6 Å². The Morgan fingerprint density at radius 3 is 2.70 bits per heavy atom. The molecular weight excluding hydrogens is 254 g/mol. The highest BCUT2D eigenvalue weighted by Crippen LogP contribution is 2.19. The molecule has 3 atom stereocenters. The summed E-state index contributed by atoms with van der Waals surface area (Å²) in [5.74, 6) is 0. The number of hydrogen-bond acceptors (Lipinski definition) is 4. The van der Waals surface area contributed by atoms with Gasteiger partial charge in [-0.25, -0.2) is 0 Å². The van der Waals surface area contributed by atoms with Crippen molar-refractivity contribution in [2.24, 2.45) is 0 Å². The molecule has 0 saturated carbocycles. The fraction of sp³-hybridized carbons (Fsp3) is 0.625. The predicted octanol–water partition coefficient (Wildman–Crippen LogP) is 1.50. The Labute approximate surface area is 121 Å². The molecule has 4 nitrogen and oxygen atoms in total. The van der Waals surface area contributed by atoms with E-state index in [9.17, 15) is 10.2 Å². The zero-order chi connectivity index (χ0) is 14.5. The van der Waals surface area contributed by atoms with E-state index in [2.05, 4.69) is 11.8 Å². The van der Waals surface area contributed by atoms with Gasteiger partial charge >= 0.3 is 0 Å². The summed E-state index contributed by atoms with van der Waals surface area (Å²) < 4.78 is 5.52. The summed E-state index contributed by atoms with van der Waals surface area (Å²) in [6.45, 7) is 6.41. The first kappa shape index (κ1) is 15.4. The highest BCUT2D eigenvalue weighted by molar-refractivity contribution is 5.23. The van der Waals surface area contributed by atoms with Gasteiger partial charge < -0.3 is 14.9 Å². The minimum Gasteiger partial charge on any atom is -0.394 e. The molecule has 2 N–H and O–H groups in total. The van der Waals surface area contributed by atoms with Crippen molar-refractivity contribution in [2.75, 3.05) is 26.3 Å². The third kappa shape index (κ3) is 4.03. The van der Waals surface area contributed by atoms with Crippen LogP contribution in [0.1, 0.15) is 30.6 Å². The molecule has 0 amide bonds. The molecule has 1 fully saturated rings. The fourth-order valence-electron chi connectivity index (χ4n) is 2.54. The largest absolute Gasteiger partial charge is 0.394 e. The summed E-state index contributed by atoms with van der Waals surface area (Å²) in [5.41, 5.74) is 2.17. The van der Waals surface area contributed by atoms with Gasteiger partial charge in [-0.05, 0) is 25.8 Å². The van der Waals surface area contributed by atoms with Crippen LogP contribution in [0, 0.1) is 6.92 Å². The summed E-state index contributed by atoms with van der Waals surface area (Å²) in [6.07, 6.45) is 0.173. The topological polar surface area (TPSA) is 52.9 Å². The summed E-state index contributed by atoms with van der Waals surface area (Å²) in [5, 5.41) is 19.4. The molecule has 3 unspecified atom stereocenters. The normalized spacial score (nSPS) is 25.6. The zero-order valence-corrected chi connectivity index (χ0v) is 12.3. The number of ether oxygens (including phenoxy) is 1. The first-order valence-corrected chi connectivity index (χ1v) is 7.31. The van der Waals surface area contributed by atoms with E-state index in [1.54, 1.807) is 0 Å². The Bertz CT molecular complexity index is 407. The average Bonchev–Trinajstić information content (AvgIpc) is 2.47. The number of nitrogens with zero attached hydrogens (tertiary/aromatic N) is 1. The molecule has 0 bridgehead atoms. The second-order valence-corrected chi connectivity index (χ2v) is 5.70. The summed E-state index contributed by atoms with van der Waals surface area (Å²) in [7, 11) is 0. The van der Waals surface area contributed by atoms with Crippen LogP contribution in [-0.2, 0) is 4.74 Å². The van der Waals surface area contributed by atoms with Crippen molar-refractivity contribution in [2.45, 2.75) is 38.5 Å². The summed E-state index contributed by atoms with van der Waals surface area (Å²) in [4.78, 5) is 2.28. The molecule has 1 aromatic carbocycles. The van der Waals surface area contributed by atoms with Gasteiger partial charge in [-0.3, -0.25) is 4.90 Å². The van der Waals surface area contributed by atoms with Crippen LogP contribution in [0.5, 0.6) is 0 Å². The molecule has 1 aliphatic rings. The number of rotatable bonds is 5. The summed E-state index contributed by atoms with van der Waals surface area (Å²) in [6, 6.07) is 8.36. The average molecular weight is 279 g/mol. The van der Waals surface area contributed by atoms with Crippen LogP contribution in [0.15, 0.2) is 24.3 Å². The predicted molar refractivity (Wildman–Crippen MR) is 78.6 cm³/mol. The van der Waals surface area contributed by atoms with E-state index < -0.39 is 6.10 Å². The van der Waals surface area contributed by atoms with E-state index in [0.29, 0.717) is 19.1 Å². The van der Waals surface area contributed by atoms with Crippen molar-refractivity contribution in [3.63, 3.8) is 0 Å². The van der Waals surface area contributed by atoms with E-state index in [0.717, 1.165) is 18.7 Å². The number of hydrogen-bond donors (Lipinski definition) is 2. The van der Waals surface area contributed by atoms with Gasteiger partial charge in [-0.2, -0.15) is 0 Å². The van der Waals surface area contributed by atoms with Crippen molar-refractivity contribution < 1.29 is 14.9 Å². The number of aliphatic hydroxyl groups is 2. The highest BCUT2D eigenvalue weighted by atomic mass is 16.5. The SMILES string of the molecule is Cc1ccc(C(O)CCN2CC(CO)OCC2C)cc1. The van der Waals surface area contributed by atoms with Crippen LogP contribution in [0.25, 0.3) is 0 Å². The molecule has 0 radical (unpaired) electrons. The number of morpholine rings is 1. The van der Waals surface area contributed by atoms with E-state index in [1.807, 2.05) is 31.2 Å². The van der Waals surface area contributed by atoms with Crippen molar-refractivity contribution in [3.05, 3.63) is 35.4 Å². The number of benzene rings is 1. The molecule has 1 aromatic rings. The quantitative estimate of drug-likeness (QED) is 0.857. The van der Waals surface area contributed by atoms with Gasteiger partial charge in [0.05, 0.1) is 25.4 Å². The van der Waals surface area contributed by atoms with Crippen LogP contribution in [0.2, 0.25) is 0 Å². The molecule has 1 saturated heterocycles. The third-order valence-electron chi connectivity index (χ3n) is 3.99. The Kier molecular flexibility index (Phi) is 5.54. The Balaban J connectivity index is 1.85. The first-order valence-electron chi connectivity index (χ1n) is 7.31. The second kappa shape index (κ2) is 7.18. The highest BCUT2D eigenvalue weighted by Gasteiger charge is 2.25. The van der Waals surface area contributed by atoms with Crippen LogP contribution >= 0.6 is 0 Å². The zero-order valence-electron chi connectivity index (χ0n) is 12.3. The van der Waals surface area contributed by atoms with Gasteiger partial charge in [0, 0.05) is 19.1 Å². The maximum atomic E-state index is 10.2. The number of aryl methyl sites for hydroxylation is 1. The van der Waals surface area contributed by atoms with Crippen molar-refractivity contribution >= 4 is 0 Å². The second-order valence-electron chi connectivity index (χ2n) is 5.70. The van der Waals surface area contributed by atoms with E-state index in [-0.39, 0.29) is 12.7 Å². The molecule has 0 aromatic heterocycles. The Hall–Kier alpha value is -0.940. The molecule has 112 valence electrons. The van der Waals surface area contributed by atoms with Gasteiger partial charge in [0.2, 0.25) is 0 Å². The maximum Gasteiger partial charge on any atom is 0.0933 e. The van der Waals surface area contributed by atoms with Crippen LogP contribution in [0.4, 0.5) is 0 Å². The molecule has 0 aliphatic carbocycles. The molecule has 20 heavy (non-hydrogen) atoms. The Morgan fingerprint density at radius 2 is 2.05 bits per heavy atom. The van der Waals surface area contributed by atoms with Gasteiger partial charge in [0.15, 0.2) is 0 Å². The van der Waals surface area contributed by atoms with Crippen LogP contribution in [0.3, 0.4) is 0 Å². The first-order chi connectivity index (χ1) is 9.60. The molecule has 4 heteroatoms. The smallest absolute Gasteiger partial charge is 0.0933 e. The van der Waals surface area contributed by atoms with Gasteiger partial charge in [0.25, 0.3) is 0 Å². The minimum absolute atomic E-state index is 0.0593. The summed E-state index contributed by atoms with van der Waals surface area (Å²) >= 11 is 0. The van der Waals surface area contributed by atoms with E-state index >= 15 is 0 Å². The third-order valence-corrected chi connectivity index (χ3v) is 3.99. The minimum atomic E-state index is -0.432. The molecule has 1 aliphatic heterocycles. The number of aliphatic hydroxyl groups excluding tert-OH is 2. The maximum absolute atomic E-state index is 10.2. The molecule has 2 rings (SSSR count). The lowest BCUT2D eigenvalue weighted by Gasteiger charge is -2.37.